The van der Waals surface area contributed by atoms with E-state index in [1.54, 1.807) is 22.8 Å². The highest BCUT2D eigenvalue weighted by Gasteiger charge is 2.27. The molecule has 0 bridgehead atoms. The van der Waals surface area contributed by atoms with Crippen molar-refractivity contribution in [1.29, 1.82) is 0 Å². The van der Waals surface area contributed by atoms with Gasteiger partial charge in [-0.05, 0) is 49.1 Å². The van der Waals surface area contributed by atoms with Crippen LogP contribution in [-0.2, 0) is 11.2 Å². The molecule has 2 aromatic heterocycles. The van der Waals surface area contributed by atoms with Crippen LogP contribution in [-0.4, -0.2) is 27.4 Å². The quantitative estimate of drug-likeness (QED) is 0.670. The van der Waals surface area contributed by atoms with Gasteiger partial charge in [0.15, 0.2) is 5.65 Å². The lowest BCUT2D eigenvalue weighted by atomic mass is 10.0. The van der Waals surface area contributed by atoms with Crippen LogP contribution in [0.1, 0.15) is 36.6 Å². The van der Waals surface area contributed by atoms with Crippen molar-refractivity contribution in [3.8, 4) is 0 Å². The Kier molecular flexibility index (Phi) is 4.17. The average molecular weight is 338 g/mol. The minimum absolute atomic E-state index is 0.127. The number of anilines is 1. The van der Waals surface area contributed by atoms with Gasteiger partial charge in [-0.3, -0.25) is 0 Å². The molecule has 25 heavy (non-hydrogen) atoms. The lowest BCUT2D eigenvalue weighted by molar-refractivity contribution is -0.107. The van der Waals surface area contributed by atoms with E-state index in [-0.39, 0.29) is 11.9 Å². The number of aromatic nitrogens is 3. The zero-order valence-electron chi connectivity index (χ0n) is 13.8. The SMILES string of the molecule is O=CCCc1cnc2ccc(N3CCC[C@@H]3c3cccc(F)c3)nn12. The Hall–Kier alpha value is -2.76. The van der Waals surface area contributed by atoms with Crippen molar-refractivity contribution in [3.63, 3.8) is 0 Å². The number of hydrogen-bond acceptors (Lipinski definition) is 4. The van der Waals surface area contributed by atoms with Gasteiger partial charge >= 0.3 is 0 Å². The van der Waals surface area contributed by atoms with Gasteiger partial charge < -0.3 is 9.69 Å². The van der Waals surface area contributed by atoms with Gasteiger partial charge in [0.2, 0.25) is 0 Å². The lowest BCUT2D eigenvalue weighted by Gasteiger charge is -2.26. The molecule has 1 fully saturated rings. The molecule has 0 spiro atoms. The second-order valence-electron chi connectivity index (χ2n) is 6.32. The number of benzene rings is 1. The van der Waals surface area contributed by atoms with Gasteiger partial charge in [-0.25, -0.2) is 13.9 Å². The summed E-state index contributed by atoms with van der Waals surface area (Å²) in [5.74, 6) is 0.642. The lowest BCUT2D eigenvalue weighted by Crippen LogP contribution is -2.24. The van der Waals surface area contributed by atoms with Crippen molar-refractivity contribution in [3.05, 3.63) is 59.7 Å². The molecule has 0 amide bonds. The predicted molar refractivity (Wildman–Crippen MR) is 93.1 cm³/mol. The number of rotatable bonds is 5. The van der Waals surface area contributed by atoms with Gasteiger partial charge in [-0.2, -0.15) is 0 Å². The van der Waals surface area contributed by atoms with Crippen molar-refractivity contribution < 1.29 is 9.18 Å². The van der Waals surface area contributed by atoms with Crippen LogP contribution < -0.4 is 4.90 Å². The third-order valence-electron chi connectivity index (χ3n) is 4.72. The van der Waals surface area contributed by atoms with Gasteiger partial charge in [0.05, 0.1) is 17.9 Å². The highest BCUT2D eigenvalue weighted by molar-refractivity contribution is 5.51. The van der Waals surface area contributed by atoms with Crippen LogP contribution in [0, 0.1) is 5.82 Å². The molecule has 3 aromatic rings. The predicted octanol–water partition coefficient (Wildman–Crippen LogP) is 3.34. The molecule has 1 aliphatic rings. The first-order chi connectivity index (χ1) is 12.3. The maximum Gasteiger partial charge on any atom is 0.153 e. The molecule has 1 atom stereocenters. The monoisotopic (exact) mass is 338 g/mol. The summed E-state index contributed by atoms with van der Waals surface area (Å²) in [6.07, 6.45) is 5.77. The van der Waals surface area contributed by atoms with Crippen molar-refractivity contribution in [2.24, 2.45) is 0 Å². The molecule has 4 rings (SSSR count). The Labute approximate surface area is 145 Å². The first-order valence-electron chi connectivity index (χ1n) is 8.55. The molecule has 0 radical (unpaired) electrons. The maximum atomic E-state index is 13.6. The van der Waals surface area contributed by atoms with Crippen LogP contribution in [0.4, 0.5) is 10.2 Å². The summed E-state index contributed by atoms with van der Waals surface area (Å²) < 4.78 is 15.4. The average Bonchev–Trinajstić information content (AvgIpc) is 3.26. The number of halogens is 1. The second kappa shape index (κ2) is 6.63. The number of carbonyl (C=O) groups is 1. The molecule has 0 saturated carbocycles. The summed E-state index contributed by atoms with van der Waals surface area (Å²) in [5, 5.41) is 4.74. The van der Waals surface area contributed by atoms with Crippen molar-refractivity contribution in [2.45, 2.75) is 31.7 Å². The largest absolute Gasteiger partial charge is 0.348 e. The smallest absolute Gasteiger partial charge is 0.153 e. The van der Waals surface area contributed by atoms with Crippen LogP contribution in [0.2, 0.25) is 0 Å². The normalized spacial score (nSPS) is 17.3. The van der Waals surface area contributed by atoms with E-state index in [2.05, 4.69) is 9.88 Å². The van der Waals surface area contributed by atoms with Gasteiger partial charge in [-0.1, -0.05) is 12.1 Å². The Balaban J connectivity index is 1.69. The highest BCUT2D eigenvalue weighted by Crippen LogP contribution is 2.35. The summed E-state index contributed by atoms with van der Waals surface area (Å²) >= 11 is 0. The Morgan fingerprint density at radius 2 is 2.20 bits per heavy atom. The zero-order valence-corrected chi connectivity index (χ0v) is 13.8. The van der Waals surface area contributed by atoms with E-state index in [0.29, 0.717) is 12.8 Å². The van der Waals surface area contributed by atoms with Crippen molar-refractivity contribution >= 4 is 17.8 Å². The standard InChI is InChI=1S/C19H19FN4O/c20-15-5-1-4-14(12-15)17-7-2-10-23(17)19-9-8-18-21-13-16(6-3-11-25)24(18)22-19/h1,4-5,8-9,11-13,17H,2-3,6-7,10H2/t17-/m1/s1. The Morgan fingerprint density at radius 1 is 1.28 bits per heavy atom. The number of aryl methyl sites for hydroxylation is 1. The van der Waals surface area contributed by atoms with E-state index in [9.17, 15) is 9.18 Å². The number of nitrogens with zero attached hydrogens (tertiary/aromatic N) is 4. The summed E-state index contributed by atoms with van der Waals surface area (Å²) in [5.41, 5.74) is 2.67. The second-order valence-corrected chi connectivity index (χ2v) is 6.32. The van der Waals surface area contributed by atoms with Crippen LogP contribution in [0.25, 0.3) is 5.65 Å². The van der Waals surface area contributed by atoms with Gasteiger partial charge in [-0.15, -0.1) is 5.10 Å². The summed E-state index contributed by atoms with van der Waals surface area (Å²) in [6.45, 7) is 0.887. The fraction of sp³-hybridized carbons (Fsp3) is 0.316. The van der Waals surface area contributed by atoms with Crippen molar-refractivity contribution in [2.75, 3.05) is 11.4 Å². The molecule has 6 heteroatoms. The fourth-order valence-electron chi connectivity index (χ4n) is 3.54. The van der Waals surface area contributed by atoms with Gasteiger partial charge in [0.1, 0.15) is 17.9 Å². The van der Waals surface area contributed by atoms with E-state index >= 15 is 0 Å². The van der Waals surface area contributed by atoms with Crippen LogP contribution in [0.3, 0.4) is 0 Å². The summed E-state index contributed by atoms with van der Waals surface area (Å²) in [7, 11) is 0. The molecule has 0 aliphatic carbocycles. The summed E-state index contributed by atoms with van der Waals surface area (Å²) in [4.78, 5) is 17.2. The van der Waals surface area contributed by atoms with Crippen molar-refractivity contribution in [1.82, 2.24) is 14.6 Å². The van der Waals surface area contributed by atoms with E-state index in [1.165, 1.54) is 6.07 Å². The molecule has 1 aromatic carbocycles. The zero-order chi connectivity index (χ0) is 17.2. The maximum absolute atomic E-state index is 13.6. The molecule has 1 saturated heterocycles. The summed E-state index contributed by atoms with van der Waals surface area (Å²) in [6, 6.07) is 10.8. The Bertz CT molecular complexity index is 907. The molecular formula is C19H19FN4O. The molecular weight excluding hydrogens is 319 g/mol. The number of aldehydes is 1. The molecule has 1 aliphatic heterocycles. The van der Waals surface area contributed by atoms with Crippen LogP contribution in [0.15, 0.2) is 42.6 Å². The molecule has 128 valence electrons. The topological polar surface area (TPSA) is 50.5 Å². The molecule has 5 nitrogen and oxygen atoms in total. The van der Waals surface area contributed by atoms with E-state index < -0.39 is 0 Å². The van der Waals surface area contributed by atoms with E-state index in [0.717, 1.165) is 48.4 Å². The van der Waals surface area contributed by atoms with E-state index in [1.807, 2.05) is 18.2 Å². The number of imidazole rings is 1. The first kappa shape index (κ1) is 15.7. The number of hydrogen-bond donors (Lipinski definition) is 0. The fourth-order valence-corrected chi connectivity index (χ4v) is 3.54. The number of fused-ring (bicyclic) bond motifs is 1. The number of carbonyl (C=O) groups excluding carboxylic acids is 1. The molecule has 0 N–H and O–H groups in total. The molecule has 3 heterocycles. The highest BCUT2D eigenvalue weighted by atomic mass is 19.1. The third-order valence-corrected chi connectivity index (χ3v) is 4.72. The molecule has 0 unspecified atom stereocenters. The van der Waals surface area contributed by atoms with Gasteiger partial charge in [0, 0.05) is 13.0 Å². The Morgan fingerprint density at radius 3 is 3.04 bits per heavy atom. The van der Waals surface area contributed by atoms with Crippen LogP contribution >= 0.6 is 0 Å². The third kappa shape index (κ3) is 2.99. The minimum atomic E-state index is -0.210. The first-order valence-corrected chi connectivity index (χ1v) is 8.55. The van der Waals surface area contributed by atoms with E-state index in [4.69, 9.17) is 5.10 Å². The van der Waals surface area contributed by atoms with Gasteiger partial charge in [0.25, 0.3) is 0 Å². The van der Waals surface area contributed by atoms with Crippen LogP contribution in [0.5, 0.6) is 0 Å². The minimum Gasteiger partial charge on any atom is -0.348 e.